The summed E-state index contributed by atoms with van der Waals surface area (Å²) in [4.78, 5) is 12.6. The minimum atomic E-state index is 0.0701. The van der Waals surface area contributed by atoms with Crippen LogP contribution in [0.2, 0.25) is 0 Å². The number of nitrogens with zero attached hydrogens (tertiary/aromatic N) is 1. The highest BCUT2D eigenvalue weighted by molar-refractivity contribution is 5.41. The molecule has 0 aromatic heterocycles. The first-order valence-corrected chi connectivity index (χ1v) is 7.60. The Morgan fingerprint density at radius 3 is 3.10 bits per heavy atom. The summed E-state index contributed by atoms with van der Waals surface area (Å²) in [5, 5.41) is 3.80. The molecule has 0 aliphatic carbocycles. The second-order valence-electron chi connectivity index (χ2n) is 6.02. The molecule has 2 heterocycles. The van der Waals surface area contributed by atoms with E-state index in [2.05, 4.69) is 36.3 Å². The predicted octanol–water partition coefficient (Wildman–Crippen LogP) is 2.43. The summed E-state index contributed by atoms with van der Waals surface area (Å²) in [6, 6.07) is 6.49. The molecule has 1 atom stereocenters. The van der Waals surface area contributed by atoms with Gasteiger partial charge in [-0.2, -0.15) is 4.89 Å². The van der Waals surface area contributed by atoms with Gasteiger partial charge in [-0.25, -0.2) is 0 Å². The van der Waals surface area contributed by atoms with E-state index < -0.39 is 0 Å². The van der Waals surface area contributed by atoms with Crippen LogP contribution in [0, 0.1) is 0 Å². The van der Waals surface area contributed by atoms with Crippen LogP contribution in [0.3, 0.4) is 0 Å². The lowest BCUT2D eigenvalue weighted by atomic mass is 9.81. The van der Waals surface area contributed by atoms with Gasteiger partial charge in [0.05, 0.1) is 5.54 Å². The Morgan fingerprint density at radius 2 is 2.30 bits per heavy atom. The van der Waals surface area contributed by atoms with Crippen molar-refractivity contribution >= 4 is 0 Å². The molecule has 3 rings (SSSR count). The zero-order chi connectivity index (χ0) is 14.0. The second-order valence-corrected chi connectivity index (χ2v) is 6.02. The highest BCUT2D eigenvalue weighted by Crippen LogP contribution is 2.35. The Labute approximate surface area is 121 Å². The maximum atomic E-state index is 5.15. The molecule has 110 valence electrons. The molecule has 4 heteroatoms. The van der Waals surface area contributed by atoms with Gasteiger partial charge in [-0.05, 0) is 57.1 Å². The van der Waals surface area contributed by atoms with Crippen molar-refractivity contribution in [3.63, 3.8) is 0 Å². The summed E-state index contributed by atoms with van der Waals surface area (Å²) >= 11 is 0. The van der Waals surface area contributed by atoms with E-state index in [-0.39, 0.29) is 5.54 Å². The lowest BCUT2D eigenvalue weighted by Crippen LogP contribution is -2.53. The first-order valence-electron chi connectivity index (χ1n) is 7.60. The molecule has 0 spiro atoms. The maximum absolute atomic E-state index is 5.15. The molecule has 4 nitrogen and oxygen atoms in total. The number of benzene rings is 1. The van der Waals surface area contributed by atoms with Gasteiger partial charge in [0.15, 0.2) is 5.75 Å². The summed E-state index contributed by atoms with van der Waals surface area (Å²) < 4.78 is 0. The molecule has 1 unspecified atom stereocenters. The summed E-state index contributed by atoms with van der Waals surface area (Å²) in [7, 11) is 2.21. The van der Waals surface area contributed by atoms with Crippen molar-refractivity contribution in [1.29, 1.82) is 0 Å². The Hall–Kier alpha value is -1.10. The molecule has 0 bridgehead atoms. The molecule has 2 aliphatic heterocycles. The highest BCUT2D eigenvalue weighted by atomic mass is 17.2. The van der Waals surface area contributed by atoms with Crippen molar-refractivity contribution in [1.82, 2.24) is 10.2 Å². The third kappa shape index (κ3) is 2.55. The van der Waals surface area contributed by atoms with Gasteiger partial charge in [-0.15, -0.1) is 0 Å². The summed E-state index contributed by atoms with van der Waals surface area (Å²) in [5.74, 6) is 0.864. The largest absolute Gasteiger partial charge is 0.337 e. The van der Waals surface area contributed by atoms with Crippen molar-refractivity contribution in [2.75, 3.05) is 26.7 Å². The zero-order valence-corrected chi connectivity index (χ0v) is 12.4. The minimum Gasteiger partial charge on any atom is -0.337 e. The number of likely N-dealkylation sites (N-methyl/N-ethyl adjacent to an activating group) is 1. The Morgan fingerprint density at radius 1 is 1.40 bits per heavy atom. The number of fused-ring (bicyclic) bond motifs is 1. The summed E-state index contributed by atoms with van der Waals surface area (Å²) in [6.07, 6.45) is 3.58. The molecule has 0 amide bonds. The first-order chi connectivity index (χ1) is 9.73. The maximum Gasteiger partial charge on any atom is 0.171 e. The van der Waals surface area contributed by atoms with Gasteiger partial charge in [0.25, 0.3) is 0 Å². The van der Waals surface area contributed by atoms with Crippen LogP contribution in [0.4, 0.5) is 0 Å². The van der Waals surface area contributed by atoms with Crippen molar-refractivity contribution in [2.24, 2.45) is 0 Å². The lowest BCUT2D eigenvalue weighted by Gasteiger charge is -2.43. The molecule has 1 fully saturated rings. The van der Waals surface area contributed by atoms with Crippen LogP contribution < -0.4 is 10.2 Å². The molecule has 0 radical (unpaired) electrons. The van der Waals surface area contributed by atoms with E-state index in [0.29, 0.717) is 6.61 Å². The summed E-state index contributed by atoms with van der Waals surface area (Å²) in [6.45, 7) is 6.08. The van der Waals surface area contributed by atoms with E-state index in [1.165, 1.54) is 24.9 Å². The fourth-order valence-corrected chi connectivity index (χ4v) is 3.34. The van der Waals surface area contributed by atoms with Crippen molar-refractivity contribution in [3.05, 3.63) is 29.3 Å². The van der Waals surface area contributed by atoms with Crippen LogP contribution in [-0.4, -0.2) is 31.6 Å². The van der Waals surface area contributed by atoms with Crippen LogP contribution in [-0.2, 0) is 17.0 Å². The smallest absolute Gasteiger partial charge is 0.171 e. The van der Waals surface area contributed by atoms with Gasteiger partial charge in [-0.3, -0.25) is 0 Å². The third-order valence-corrected chi connectivity index (χ3v) is 4.37. The molecular formula is C16H24N2O2. The first kappa shape index (κ1) is 13.9. The highest BCUT2D eigenvalue weighted by Gasteiger charge is 2.36. The van der Waals surface area contributed by atoms with Crippen LogP contribution in [0.1, 0.15) is 37.3 Å². The standard InChI is InChI=1S/C16H24N2O2/c1-3-8-17-16(7-4-9-18(2)12-16)14-5-6-15-13(10-14)11-19-20-15/h5-6,10,17H,3-4,7-9,11-12H2,1-2H3. The summed E-state index contributed by atoms with van der Waals surface area (Å²) in [5.41, 5.74) is 2.60. The minimum absolute atomic E-state index is 0.0701. The van der Waals surface area contributed by atoms with Gasteiger partial charge in [0.2, 0.25) is 0 Å². The van der Waals surface area contributed by atoms with Crippen LogP contribution in [0.15, 0.2) is 18.2 Å². The van der Waals surface area contributed by atoms with E-state index in [1.54, 1.807) is 0 Å². The fraction of sp³-hybridized carbons (Fsp3) is 0.625. The number of rotatable bonds is 4. The van der Waals surface area contributed by atoms with Crippen LogP contribution in [0.25, 0.3) is 0 Å². The van der Waals surface area contributed by atoms with Gasteiger partial charge in [0, 0.05) is 12.1 Å². The van der Waals surface area contributed by atoms with Gasteiger partial charge in [0.1, 0.15) is 6.61 Å². The second kappa shape index (κ2) is 5.72. The van der Waals surface area contributed by atoms with E-state index in [4.69, 9.17) is 9.78 Å². The van der Waals surface area contributed by atoms with E-state index in [9.17, 15) is 0 Å². The number of nitrogens with one attached hydrogen (secondary N) is 1. The van der Waals surface area contributed by atoms with Crippen LogP contribution in [0.5, 0.6) is 5.75 Å². The molecule has 1 N–H and O–H groups in total. The Balaban J connectivity index is 1.91. The Kier molecular flexibility index (Phi) is 3.96. The quantitative estimate of drug-likeness (QED) is 0.856. The van der Waals surface area contributed by atoms with Gasteiger partial charge in [-0.1, -0.05) is 13.0 Å². The van der Waals surface area contributed by atoms with Crippen molar-refractivity contribution < 1.29 is 9.78 Å². The SMILES string of the molecule is CCCNC1(c2ccc3c(c2)COO3)CCCN(C)C1. The number of piperidine rings is 1. The molecule has 2 aliphatic rings. The van der Waals surface area contributed by atoms with E-state index in [1.807, 2.05) is 6.07 Å². The zero-order valence-electron chi connectivity index (χ0n) is 12.4. The fourth-order valence-electron chi connectivity index (χ4n) is 3.34. The van der Waals surface area contributed by atoms with E-state index in [0.717, 1.165) is 30.8 Å². The van der Waals surface area contributed by atoms with Gasteiger partial charge >= 0.3 is 0 Å². The number of hydrogen-bond donors (Lipinski definition) is 1. The molecule has 1 aromatic carbocycles. The molecule has 1 aromatic rings. The number of hydrogen-bond acceptors (Lipinski definition) is 4. The molecule has 0 saturated carbocycles. The third-order valence-electron chi connectivity index (χ3n) is 4.37. The molecular weight excluding hydrogens is 252 g/mol. The Bertz CT molecular complexity index is 478. The average molecular weight is 276 g/mol. The molecule has 20 heavy (non-hydrogen) atoms. The monoisotopic (exact) mass is 276 g/mol. The molecule has 1 saturated heterocycles. The lowest BCUT2D eigenvalue weighted by molar-refractivity contribution is -0.194. The van der Waals surface area contributed by atoms with E-state index >= 15 is 0 Å². The van der Waals surface area contributed by atoms with Crippen LogP contribution >= 0.6 is 0 Å². The number of likely N-dealkylation sites (tertiary alicyclic amines) is 1. The average Bonchev–Trinajstić information content (AvgIpc) is 2.92. The normalized spacial score (nSPS) is 26.3. The topological polar surface area (TPSA) is 33.7 Å². The predicted molar refractivity (Wildman–Crippen MR) is 78.6 cm³/mol. The van der Waals surface area contributed by atoms with Crippen molar-refractivity contribution in [3.8, 4) is 5.75 Å². The van der Waals surface area contributed by atoms with Gasteiger partial charge < -0.3 is 15.1 Å². The van der Waals surface area contributed by atoms with Crippen molar-refractivity contribution in [2.45, 2.75) is 38.3 Å².